The number of benzene rings is 2. The maximum Gasteiger partial charge on any atom is 0.416 e. The van der Waals surface area contributed by atoms with Crippen LogP contribution in [0.25, 0.3) is 33.5 Å². The molecule has 0 radical (unpaired) electrons. The topological polar surface area (TPSA) is 215 Å². The van der Waals surface area contributed by atoms with Gasteiger partial charge in [0.05, 0.1) is 17.4 Å². The van der Waals surface area contributed by atoms with Crippen LogP contribution in [0.15, 0.2) is 71.0 Å². The van der Waals surface area contributed by atoms with Gasteiger partial charge in [0, 0.05) is 34.7 Å². The van der Waals surface area contributed by atoms with Gasteiger partial charge in [0.15, 0.2) is 11.0 Å². The Kier molecular flexibility index (Phi) is 11.7. The quantitative estimate of drug-likeness (QED) is 0.0917. The number of nitrogens with one attached hydrogen (secondary N) is 4. The molecule has 344 valence electrons. The fourth-order valence-electron chi connectivity index (χ4n) is 7.85. The molecule has 2 saturated carbocycles. The molecule has 4 N–H and O–H groups in total. The molecule has 1 saturated heterocycles. The number of aromatic nitrogens is 3. The summed E-state index contributed by atoms with van der Waals surface area (Å²) in [6, 6.07) is 8.79. The molecule has 2 aromatic carbocycles. The molecular formula is C44H47F3N8O8S2. The van der Waals surface area contributed by atoms with E-state index in [1.54, 1.807) is 29.6 Å². The van der Waals surface area contributed by atoms with Crippen molar-refractivity contribution in [2.24, 2.45) is 11.3 Å². The van der Waals surface area contributed by atoms with Gasteiger partial charge in [0.1, 0.15) is 40.5 Å². The summed E-state index contributed by atoms with van der Waals surface area (Å²) in [5.74, 6) is -3.32. The third-order valence-corrected chi connectivity index (χ3v) is 14.2. The van der Waals surface area contributed by atoms with E-state index >= 15 is 0 Å². The van der Waals surface area contributed by atoms with E-state index in [0.29, 0.717) is 29.3 Å². The number of nitrogens with zero attached hydrogens (tertiary/aromatic N) is 4. The molecule has 5 atom stereocenters. The Morgan fingerprint density at radius 1 is 1.03 bits per heavy atom. The number of anilines is 1. The Morgan fingerprint density at radius 2 is 1.74 bits per heavy atom. The number of carbonyl (C=O) groups excluding carboxylic acids is 4. The van der Waals surface area contributed by atoms with Crippen LogP contribution in [0.5, 0.6) is 5.88 Å². The summed E-state index contributed by atoms with van der Waals surface area (Å²) >= 11 is 1.11. The number of furan rings is 1. The van der Waals surface area contributed by atoms with Gasteiger partial charge >= 0.3 is 6.18 Å². The molecule has 4 amide bonds. The van der Waals surface area contributed by atoms with E-state index in [9.17, 15) is 40.8 Å². The van der Waals surface area contributed by atoms with Gasteiger partial charge in [-0.1, -0.05) is 51.1 Å². The number of fused-ring (bicyclic) bond motifs is 3. The lowest BCUT2D eigenvalue weighted by molar-refractivity contribution is -0.141. The molecule has 0 unspecified atom stereocenters. The summed E-state index contributed by atoms with van der Waals surface area (Å²) in [7, 11) is -3.99. The van der Waals surface area contributed by atoms with Crippen molar-refractivity contribution in [2.45, 2.75) is 101 Å². The first-order valence-electron chi connectivity index (χ1n) is 21.0. The molecule has 5 aromatic rings. The molecular weight excluding hydrogens is 890 g/mol. The molecule has 16 nitrogen and oxygen atoms in total. The van der Waals surface area contributed by atoms with Gasteiger partial charge in [-0.05, 0) is 62.8 Å². The standard InChI is InChI=1S/C44H47F3N8O8S2/c1-7-24-19-43(24,40(59)54-65(60,61)27-16-17-27)53-37(57)30-18-26(20-55(30)39(58)34(42(4,5)6)51-41-49-29(21-64-41)36(56)48-22(2)3)62-38-33-32(28-10-8-9-11-31(28)63-33)50-35(52-38)23-12-14-25(15-13-23)44(45,46)47/h7-15,21-22,24,26-27,30,34H,1,16-20H2,2-6H3,(H,48,56)(H,49,51)(H,53,57)(H,54,59)/t24-,26-,30+,34-,43-/m1/s1. The van der Waals surface area contributed by atoms with Crippen LogP contribution in [-0.2, 0) is 30.6 Å². The monoisotopic (exact) mass is 936 g/mol. The predicted molar refractivity (Wildman–Crippen MR) is 235 cm³/mol. The molecule has 65 heavy (non-hydrogen) atoms. The lowest BCUT2D eigenvalue weighted by Crippen LogP contribution is -2.58. The van der Waals surface area contributed by atoms with Crippen molar-refractivity contribution in [1.29, 1.82) is 0 Å². The van der Waals surface area contributed by atoms with Crippen LogP contribution in [0.3, 0.4) is 0 Å². The number of sulfonamides is 1. The highest BCUT2D eigenvalue weighted by Crippen LogP contribution is 2.46. The smallest absolute Gasteiger partial charge is 0.416 e. The lowest BCUT2D eigenvalue weighted by Gasteiger charge is -2.35. The number of ether oxygens (including phenoxy) is 1. The predicted octanol–water partition coefficient (Wildman–Crippen LogP) is 6.20. The zero-order valence-corrected chi connectivity index (χ0v) is 37.6. The summed E-state index contributed by atoms with van der Waals surface area (Å²) in [6.45, 7) is 12.6. The highest BCUT2D eigenvalue weighted by Gasteiger charge is 2.62. The number of para-hydroxylation sites is 1. The summed E-state index contributed by atoms with van der Waals surface area (Å²) in [5.41, 5.74) is -2.12. The lowest BCUT2D eigenvalue weighted by atomic mass is 9.85. The number of rotatable bonds is 14. The molecule has 2 aliphatic carbocycles. The number of hydrogen-bond donors (Lipinski definition) is 4. The second-order valence-corrected chi connectivity index (χ2v) is 20.8. The van der Waals surface area contributed by atoms with E-state index in [-0.39, 0.29) is 59.1 Å². The third kappa shape index (κ3) is 9.25. The molecule has 3 aliphatic rings. The Bertz CT molecular complexity index is 2820. The number of halogens is 3. The van der Waals surface area contributed by atoms with Crippen LogP contribution >= 0.6 is 11.3 Å². The number of alkyl halides is 3. The van der Waals surface area contributed by atoms with E-state index in [1.165, 1.54) is 23.1 Å². The second-order valence-electron chi connectivity index (χ2n) is 18.0. The Balaban J connectivity index is 1.14. The van der Waals surface area contributed by atoms with E-state index in [2.05, 4.69) is 42.2 Å². The van der Waals surface area contributed by atoms with Gasteiger partial charge in [-0.2, -0.15) is 18.2 Å². The molecule has 0 spiro atoms. The van der Waals surface area contributed by atoms with Crippen molar-refractivity contribution in [2.75, 3.05) is 11.9 Å². The summed E-state index contributed by atoms with van der Waals surface area (Å²) in [6.07, 6.45) is -3.37. The van der Waals surface area contributed by atoms with Crippen molar-refractivity contribution in [3.63, 3.8) is 0 Å². The minimum atomic E-state index is -4.58. The van der Waals surface area contributed by atoms with Crippen LogP contribution in [0, 0.1) is 11.3 Å². The van der Waals surface area contributed by atoms with E-state index in [0.717, 1.165) is 23.5 Å². The summed E-state index contributed by atoms with van der Waals surface area (Å²) in [5, 5.41) is 10.4. The minimum absolute atomic E-state index is 0.0215. The molecule has 21 heteroatoms. The number of likely N-dealkylation sites (tertiary alicyclic amines) is 1. The van der Waals surface area contributed by atoms with E-state index < -0.39 is 85.7 Å². The number of thiazole rings is 1. The molecule has 1 aliphatic heterocycles. The second kappa shape index (κ2) is 16.7. The third-order valence-electron chi connectivity index (χ3n) is 11.6. The van der Waals surface area contributed by atoms with Crippen LogP contribution < -0.4 is 25.4 Å². The highest BCUT2D eigenvalue weighted by atomic mass is 32.2. The Hall–Kier alpha value is -6.09. The van der Waals surface area contributed by atoms with Crippen molar-refractivity contribution in [3.8, 4) is 17.3 Å². The van der Waals surface area contributed by atoms with E-state index in [4.69, 9.17) is 9.15 Å². The molecule has 8 rings (SSSR count). The maximum absolute atomic E-state index is 15.0. The maximum atomic E-state index is 15.0. The largest absolute Gasteiger partial charge is 0.470 e. The number of hydrogen-bond acceptors (Lipinski definition) is 13. The summed E-state index contributed by atoms with van der Waals surface area (Å²) in [4.78, 5) is 71.1. The average molecular weight is 937 g/mol. The van der Waals surface area contributed by atoms with Crippen LogP contribution in [0.4, 0.5) is 18.3 Å². The van der Waals surface area contributed by atoms with Crippen LogP contribution in [0.1, 0.15) is 76.4 Å². The SMILES string of the molecule is C=C[C@@H]1C[C@]1(NC(=O)[C@@H]1C[C@@H](Oc2nc(-c3ccc(C(F)(F)F)cc3)nc3c2oc2ccccc23)CN1C(=O)[C@@H](Nc1nc(C(=O)NC(C)C)cs1)C(C)(C)C)C(=O)NS(=O)(=O)C1CC1. The van der Waals surface area contributed by atoms with Crippen molar-refractivity contribution >= 4 is 72.2 Å². The first-order valence-corrected chi connectivity index (χ1v) is 23.4. The summed E-state index contributed by atoms with van der Waals surface area (Å²) < 4.78 is 81.1. The normalized spacial score (nSPS) is 21.6. The average Bonchev–Trinajstić information content (AvgIpc) is 4.07. The van der Waals surface area contributed by atoms with Crippen molar-refractivity contribution in [1.82, 2.24) is 35.2 Å². The molecule has 3 aromatic heterocycles. The zero-order valence-electron chi connectivity index (χ0n) is 36.0. The van der Waals surface area contributed by atoms with Gasteiger partial charge in [-0.3, -0.25) is 23.9 Å². The number of amides is 4. The molecule has 0 bridgehead atoms. The van der Waals surface area contributed by atoms with Gasteiger partial charge in [0.2, 0.25) is 27.4 Å². The molecule has 3 fully saturated rings. The van der Waals surface area contributed by atoms with Crippen LogP contribution in [0.2, 0.25) is 0 Å². The first kappa shape index (κ1) is 45.5. The van der Waals surface area contributed by atoms with Gasteiger partial charge in [0.25, 0.3) is 17.7 Å². The molecule has 4 heterocycles. The fraction of sp³-hybridized carbons (Fsp3) is 0.432. The number of carbonyl (C=O) groups is 4. The minimum Gasteiger partial charge on any atom is -0.470 e. The van der Waals surface area contributed by atoms with Gasteiger partial charge < -0.3 is 30.0 Å². The van der Waals surface area contributed by atoms with Gasteiger partial charge in [-0.15, -0.1) is 17.9 Å². The Morgan fingerprint density at radius 3 is 2.37 bits per heavy atom. The van der Waals surface area contributed by atoms with E-state index in [1.807, 2.05) is 34.6 Å². The zero-order chi connectivity index (χ0) is 46.8. The van der Waals surface area contributed by atoms with Crippen LogP contribution in [-0.4, -0.2) is 93.5 Å². The van der Waals surface area contributed by atoms with Crippen molar-refractivity contribution in [3.05, 3.63) is 77.8 Å². The van der Waals surface area contributed by atoms with Crippen molar-refractivity contribution < 1.29 is 49.9 Å². The highest BCUT2D eigenvalue weighted by molar-refractivity contribution is 7.91. The fourth-order valence-corrected chi connectivity index (χ4v) is 9.94. The first-order chi connectivity index (χ1) is 30.6. The van der Waals surface area contributed by atoms with Gasteiger partial charge in [-0.25, -0.2) is 18.4 Å². The Labute approximate surface area is 375 Å².